The molecule has 1 aliphatic heterocycles. The second-order valence-corrected chi connectivity index (χ2v) is 9.55. The lowest BCUT2D eigenvalue weighted by atomic mass is 9.89. The number of fused-ring (bicyclic) bond motifs is 1. The Kier molecular flexibility index (Phi) is 8.17. The van der Waals surface area contributed by atoms with Gasteiger partial charge in [0, 0.05) is 32.2 Å². The summed E-state index contributed by atoms with van der Waals surface area (Å²) in [6.45, 7) is 4.05. The van der Waals surface area contributed by atoms with Crippen molar-refractivity contribution in [3.8, 4) is 0 Å². The van der Waals surface area contributed by atoms with Crippen LogP contribution in [0.25, 0.3) is 10.1 Å². The van der Waals surface area contributed by atoms with E-state index < -0.39 is 27.9 Å². The summed E-state index contributed by atoms with van der Waals surface area (Å²) in [4.78, 5) is 31.6. The molecule has 2 aliphatic rings. The van der Waals surface area contributed by atoms with Gasteiger partial charge in [0.05, 0.1) is 15.9 Å². The lowest BCUT2D eigenvalue weighted by molar-refractivity contribution is -0.383. The van der Waals surface area contributed by atoms with Crippen LogP contribution in [0, 0.1) is 16.0 Å². The summed E-state index contributed by atoms with van der Waals surface area (Å²) < 4.78 is 39.4. The molecule has 1 aliphatic carbocycles. The summed E-state index contributed by atoms with van der Waals surface area (Å²) in [6, 6.07) is 1.16. The van der Waals surface area contributed by atoms with Crippen LogP contribution in [0.1, 0.15) is 44.1 Å². The molecule has 0 bridgehead atoms. The second-order valence-electron chi connectivity index (χ2n) is 8.57. The van der Waals surface area contributed by atoms with Gasteiger partial charge in [-0.3, -0.25) is 14.9 Å². The fourth-order valence-electron chi connectivity index (χ4n) is 4.66. The Hall–Kier alpha value is -1.98. The minimum Gasteiger partial charge on any atom is -0.347 e. The molecule has 2 heterocycles. The van der Waals surface area contributed by atoms with Gasteiger partial charge in [-0.05, 0) is 37.8 Å². The molecule has 0 spiro atoms. The Labute approximate surface area is 199 Å². The fourth-order valence-corrected chi connectivity index (χ4v) is 5.77. The van der Waals surface area contributed by atoms with Gasteiger partial charge in [-0.25, -0.2) is 0 Å². The minimum atomic E-state index is -4.79. The van der Waals surface area contributed by atoms with E-state index in [0.29, 0.717) is 30.4 Å². The number of hydrogen-bond acceptors (Lipinski definition) is 7. The fraction of sp³-hybridized carbons (Fsp3) is 0.619. The van der Waals surface area contributed by atoms with Gasteiger partial charge in [0.1, 0.15) is 4.70 Å². The molecule has 0 amide bonds. The molecular formula is C21H26ClF3N4O3S. The Morgan fingerprint density at radius 3 is 2.48 bits per heavy atom. The highest BCUT2D eigenvalue weighted by atomic mass is 35.5. The second kappa shape index (κ2) is 10.5. The zero-order valence-corrected chi connectivity index (χ0v) is 19.6. The third-order valence-electron chi connectivity index (χ3n) is 6.31. The summed E-state index contributed by atoms with van der Waals surface area (Å²) >= 11 is 0.915. The van der Waals surface area contributed by atoms with Crippen LogP contribution in [-0.2, 0) is 6.18 Å². The van der Waals surface area contributed by atoms with E-state index in [1.54, 1.807) is 0 Å². The van der Waals surface area contributed by atoms with Gasteiger partial charge < -0.3 is 9.80 Å². The first-order valence-corrected chi connectivity index (χ1v) is 11.7. The van der Waals surface area contributed by atoms with Crippen molar-refractivity contribution in [3.05, 3.63) is 38.2 Å². The molecule has 7 nitrogen and oxygen atoms in total. The number of alkyl halides is 3. The first kappa shape index (κ1) is 25.6. The van der Waals surface area contributed by atoms with Crippen molar-refractivity contribution in [2.24, 2.45) is 5.92 Å². The lowest BCUT2D eigenvalue weighted by Crippen LogP contribution is -2.35. The van der Waals surface area contributed by atoms with Gasteiger partial charge in [0.2, 0.25) is 0 Å². The third kappa shape index (κ3) is 5.93. The van der Waals surface area contributed by atoms with Crippen molar-refractivity contribution in [1.82, 2.24) is 9.88 Å². The Balaban J connectivity index is 0.00000306. The quantitative estimate of drug-likeness (QED) is 0.424. The predicted octanol–water partition coefficient (Wildman–Crippen LogP) is 5.10. The largest absolute Gasteiger partial charge is 0.416 e. The van der Waals surface area contributed by atoms with E-state index >= 15 is 0 Å². The Morgan fingerprint density at radius 2 is 1.82 bits per heavy atom. The van der Waals surface area contributed by atoms with Crippen LogP contribution in [0.2, 0.25) is 0 Å². The number of benzene rings is 1. The highest BCUT2D eigenvalue weighted by Gasteiger charge is 2.34. The molecule has 12 heteroatoms. The number of aromatic nitrogens is 1. The number of anilines is 1. The molecule has 1 saturated heterocycles. The van der Waals surface area contributed by atoms with Crippen molar-refractivity contribution < 1.29 is 18.1 Å². The Bertz CT molecular complexity index is 1060. The Morgan fingerprint density at radius 1 is 1.09 bits per heavy atom. The first-order valence-electron chi connectivity index (χ1n) is 10.9. The molecular weight excluding hydrogens is 481 g/mol. The average Bonchev–Trinajstić information content (AvgIpc) is 2.98. The number of nitro benzene ring substituents is 1. The molecule has 33 heavy (non-hydrogen) atoms. The maximum absolute atomic E-state index is 13.2. The average molecular weight is 507 g/mol. The van der Waals surface area contributed by atoms with Gasteiger partial charge in [-0.15, -0.1) is 12.4 Å². The van der Waals surface area contributed by atoms with Crippen molar-refractivity contribution in [2.45, 2.75) is 44.7 Å². The van der Waals surface area contributed by atoms with Crippen LogP contribution < -0.4 is 10.5 Å². The first-order chi connectivity index (χ1) is 15.2. The summed E-state index contributed by atoms with van der Waals surface area (Å²) in [5.74, 6) is 0.718. The van der Waals surface area contributed by atoms with E-state index in [2.05, 4.69) is 9.88 Å². The number of halogens is 4. The molecule has 2 fully saturated rings. The van der Waals surface area contributed by atoms with Crippen LogP contribution >= 0.6 is 23.7 Å². The van der Waals surface area contributed by atoms with Crippen molar-refractivity contribution in [1.29, 1.82) is 0 Å². The number of nitro groups is 1. The number of rotatable bonds is 4. The summed E-state index contributed by atoms with van der Waals surface area (Å²) in [5.41, 5.74) is -2.80. The molecule has 4 rings (SSSR count). The zero-order chi connectivity index (χ0) is 22.9. The topological polar surface area (TPSA) is 79.6 Å². The van der Waals surface area contributed by atoms with E-state index in [4.69, 9.17) is 0 Å². The maximum Gasteiger partial charge on any atom is 0.416 e. The van der Waals surface area contributed by atoms with E-state index in [0.717, 1.165) is 43.3 Å². The molecule has 1 aromatic carbocycles. The monoisotopic (exact) mass is 506 g/mol. The molecule has 182 valence electrons. The van der Waals surface area contributed by atoms with Gasteiger partial charge in [-0.1, -0.05) is 30.6 Å². The highest BCUT2D eigenvalue weighted by Crippen LogP contribution is 2.38. The number of hydrogen-bond donors (Lipinski definition) is 0. The highest BCUT2D eigenvalue weighted by molar-refractivity contribution is 7.22. The van der Waals surface area contributed by atoms with E-state index in [1.807, 2.05) is 4.90 Å². The minimum absolute atomic E-state index is 0. The van der Waals surface area contributed by atoms with E-state index in [1.165, 1.54) is 32.1 Å². The molecule has 0 unspecified atom stereocenters. The van der Waals surface area contributed by atoms with Crippen LogP contribution in [0.5, 0.6) is 0 Å². The lowest BCUT2D eigenvalue weighted by Gasteiger charge is -2.28. The van der Waals surface area contributed by atoms with Gasteiger partial charge in [0.25, 0.3) is 11.2 Å². The molecule has 0 atom stereocenters. The zero-order valence-electron chi connectivity index (χ0n) is 18.0. The molecule has 0 N–H and O–H groups in total. The third-order valence-corrected chi connectivity index (χ3v) is 7.48. The molecule has 2 aromatic rings. The smallest absolute Gasteiger partial charge is 0.347 e. The van der Waals surface area contributed by atoms with Crippen molar-refractivity contribution >= 4 is 44.6 Å². The van der Waals surface area contributed by atoms with Gasteiger partial charge >= 0.3 is 6.18 Å². The summed E-state index contributed by atoms with van der Waals surface area (Å²) in [5, 5.41) is 11.4. The van der Waals surface area contributed by atoms with Crippen molar-refractivity contribution in [2.75, 3.05) is 37.6 Å². The maximum atomic E-state index is 13.2. The SMILES string of the molecule is Cl.O=c1nc(N2CCCN(CC3CCCCC3)CC2)sc2c([N+](=O)[O-])cc(C(F)(F)F)cc12. The summed E-state index contributed by atoms with van der Waals surface area (Å²) in [6.07, 6.45) is 2.48. The number of nitrogens with zero attached hydrogens (tertiary/aromatic N) is 4. The van der Waals surface area contributed by atoms with Crippen LogP contribution in [0.3, 0.4) is 0 Å². The van der Waals surface area contributed by atoms with Gasteiger partial charge in [0.15, 0.2) is 5.13 Å². The predicted molar refractivity (Wildman–Crippen MR) is 125 cm³/mol. The molecule has 0 radical (unpaired) electrons. The van der Waals surface area contributed by atoms with Crippen LogP contribution in [0.15, 0.2) is 16.9 Å². The molecule has 1 saturated carbocycles. The number of non-ortho nitro benzene ring substituents is 1. The normalized spacial score (nSPS) is 18.7. The van der Waals surface area contributed by atoms with E-state index in [9.17, 15) is 28.1 Å². The van der Waals surface area contributed by atoms with Gasteiger partial charge in [-0.2, -0.15) is 18.2 Å². The van der Waals surface area contributed by atoms with Crippen molar-refractivity contribution in [3.63, 3.8) is 0 Å². The van der Waals surface area contributed by atoms with Crippen LogP contribution in [-0.4, -0.2) is 47.5 Å². The standard InChI is InChI=1S/C21H25F3N4O3S.ClH/c22-21(23,24)15-11-16-18(17(12-15)28(30)31)32-20(25-19(16)29)27-8-4-7-26(9-10-27)13-14-5-2-1-3-6-14;/h11-12,14H,1-10,13H2;1H. The molecule has 1 aromatic heterocycles. The summed E-state index contributed by atoms with van der Waals surface area (Å²) in [7, 11) is 0. The van der Waals surface area contributed by atoms with Crippen LogP contribution in [0.4, 0.5) is 24.0 Å². The van der Waals surface area contributed by atoms with E-state index in [-0.39, 0.29) is 22.5 Å².